The van der Waals surface area contributed by atoms with Crippen molar-refractivity contribution in [2.75, 3.05) is 13.7 Å². The molecular formula is C22H24ClN3O2. The Morgan fingerprint density at radius 3 is 2.54 bits per heavy atom. The van der Waals surface area contributed by atoms with Crippen molar-refractivity contribution in [1.29, 1.82) is 0 Å². The van der Waals surface area contributed by atoms with E-state index in [1.165, 1.54) is 5.69 Å². The van der Waals surface area contributed by atoms with Crippen LogP contribution in [0.5, 0.6) is 5.75 Å². The number of ether oxygens (including phenoxy) is 2. The summed E-state index contributed by atoms with van der Waals surface area (Å²) in [6.45, 7) is 7.57. The minimum Gasteiger partial charge on any atom is -0.495 e. The van der Waals surface area contributed by atoms with Crippen LogP contribution in [0, 0.1) is 13.8 Å². The number of aromatic nitrogens is 3. The van der Waals surface area contributed by atoms with Crippen molar-refractivity contribution in [3.05, 3.63) is 52.4 Å². The van der Waals surface area contributed by atoms with Crippen molar-refractivity contribution in [2.24, 2.45) is 0 Å². The highest BCUT2D eigenvalue weighted by Gasteiger charge is 2.24. The molecule has 0 radical (unpaired) electrons. The molecule has 0 saturated carbocycles. The number of halogens is 1. The summed E-state index contributed by atoms with van der Waals surface area (Å²) in [4.78, 5) is 9.57. The number of fused-ring (bicyclic) bond motifs is 1. The van der Waals surface area contributed by atoms with Gasteiger partial charge in [0.1, 0.15) is 11.6 Å². The predicted molar refractivity (Wildman–Crippen MR) is 111 cm³/mol. The Balaban J connectivity index is 1.92. The van der Waals surface area contributed by atoms with Crippen molar-refractivity contribution >= 4 is 11.6 Å². The predicted octanol–water partition coefficient (Wildman–Crippen LogP) is 4.85. The van der Waals surface area contributed by atoms with Gasteiger partial charge in [-0.05, 0) is 51.1 Å². The third kappa shape index (κ3) is 3.52. The number of hydrogen-bond donors (Lipinski definition) is 0. The Labute approximate surface area is 170 Å². The normalized spacial score (nSPS) is 16.5. The third-order valence-corrected chi connectivity index (χ3v) is 5.31. The van der Waals surface area contributed by atoms with Gasteiger partial charge in [0.05, 0.1) is 37.1 Å². The molecule has 1 aliphatic heterocycles. The highest BCUT2D eigenvalue weighted by atomic mass is 35.5. The maximum atomic E-state index is 6.39. The summed E-state index contributed by atoms with van der Waals surface area (Å²) in [6, 6.07) is 9.99. The molecule has 6 heteroatoms. The molecule has 1 atom stereocenters. The Morgan fingerprint density at radius 1 is 1.11 bits per heavy atom. The molecule has 4 rings (SSSR count). The lowest BCUT2D eigenvalue weighted by Crippen LogP contribution is -2.15. The molecule has 5 nitrogen and oxygen atoms in total. The van der Waals surface area contributed by atoms with Gasteiger partial charge in [-0.3, -0.25) is 4.98 Å². The number of pyridine rings is 1. The molecule has 0 bridgehead atoms. The van der Waals surface area contributed by atoms with E-state index in [0.717, 1.165) is 47.0 Å². The molecule has 28 heavy (non-hydrogen) atoms. The van der Waals surface area contributed by atoms with Gasteiger partial charge >= 0.3 is 0 Å². The Kier molecular flexibility index (Phi) is 5.13. The van der Waals surface area contributed by atoms with Gasteiger partial charge in [-0.25, -0.2) is 4.98 Å². The molecule has 0 spiro atoms. The summed E-state index contributed by atoms with van der Waals surface area (Å²) in [6.07, 6.45) is 0.938. The van der Waals surface area contributed by atoms with E-state index in [1.807, 2.05) is 32.0 Å². The lowest BCUT2D eigenvalue weighted by atomic mass is 10.1. The van der Waals surface area contributed by atoms with E-state index in [2.05, 4.69) is 28.6 Å². The SMILES string of the molecule is COc1ccc(-c2nc(-c3cc(C)nc(C)c3)c3n2C[C@@H](C)OCC3)cc1Cl. The second kappa shape index (κ2) is 7.57. The fraction of sp³-hybridized carbons (Fsp3) is 0.364. The fourth-order valence-corrected chi connectivity index (χ4v) is 4.09. The van der Waals surface area contributed by atoms with E-state index in [4.69, 9.17) is 26.1 Å². The zero-order valence-corrected chi connectivity index (χ0v) is 17.4. The number of aryl methyl sites for hydroxylation is 2. The largest absolute Gasteiger partial charge is 0.495 e. The smallest absolute Gasteiger partial charge is 0.141 e. The zero-order chi connectivity index (χ0) is 19.8. The van der Waals surface area contributed by atoms with Crippen LogP contribution in [0.15, 0.2) is 30.3 Å². The number of benzene rings is 1. The fourth-order valence-electron chi connectivity index (χ4n) is 3.83. The van der Waals surface area contributed by atoms with Crippen molar-refractivity contribution in [1.82, 2.24) is 14.5 Å². The number of methoxy groups -OCH3 is 1. The minimum absolute atomic E-state index is 0.122. The first kappa shape index (κ1) is 19.0. The van der Waals surface area contributed by atoms with Crippen molar-refractivity contribution in [3.63, 3.8) is 0 Å². The summed E-state index contributed by atoms with van der Waals surface area (Å²) in [7, 11) is 1.62. The van der Waals surface area contributed by atoms with Crippen molar-refractivity contribution < 1.29 is 9.47 Å². The number of rotatable bonds is 3. The van der Waals surface area contributed by atoms with Crippen LogP contribution in [0.25, 0.3) is 22.6 Å². The van der Waals surface area contributed by atoms with Gasteiger partial charge in [0.25, 0.3) is 0 Å². The second-order valence-electron chi connectivity index (χ2n) is 7.26. The van der Waals surface area contributed by atoms with Gasteiger partial charge in [-0.1, -0.05) is 11.6 Å². The van der Waals surface area contributed by atoms with E-state index >= 15 is 0 Å². The highest BCUT2D eigenvalue weighted by Crippen LogP contribution is 2.35. The molecule has 0 N–H and O–H groups in total. The van der Waals surface area contributed by atoms with Crippen LogP contribution < -0.4 is 4.74 Å². The zero-order valence-electron chi connectivity index (χ0n) is 16.6. The van der Waals surface area contributed by atoms with Crippen LogP contribution in [-0.4, -0.2) is 34.4 Å². The maximum absolute atomic E-state index is 6.39. The number of nitrogens with zero attached hydrogens (tertiary/aromatic N) is 3. The van der Waals surface area contributed by atoms with Crippen LogP contribution >= 0.6 is 11.6 Å². The number of imidazole rings is 1. The lowest BCUT2D eigenvalue weighted by Gasteiger charge is -2.13. The second-order valence-corrected chi connectivity index (χ2v) is 7.67. The standard InChI is InChI=1S/C22H24ClN3O2/c1-13-9-17(10-14(2)24-13)21-19-7-8-28-15(3)12-26(19)22(25-21)16-5-6-20(27-4)18(23)11-16/h5-6,9-11,15H,7-8,12H2,1-4H3/t15-/m1/s1. The summed E-state index contributed by atoms with van der Waals surface area (Å²) in [5, 5.41) is 0.576. The molecule has 0 amide bonds. The third-order valence-electron chi connectivity index (χ3n) is 5.02. The summed E-state index contributed by atoms with van der Waals surface area (Å²) < 4.78 is 13.5. The van der Waals surface area contributed by atoms with Gasteiger partial charge in [0, 0.05) is 34.6 Å². The highest BCUT2D eigenvalue weighted by molar-refractivity contribution is 6.32. The van der Waals surface area contributed by atoms with Gasteiger partial charge in [0.15, 0.2) is 0 Å². The van der Waals surface area contributed by atoms with Crippen LogP contribution in [0.2, 0.25) is 5.02 Å². The molecule has 146 valence electrons. The molecule has 0 aliphatic carbocycles. The summed E-state index contributed by atoms with van der Waals surface area (Å²) in [5.41, 5.74) is 6.22. The minimum atomic E-state index is 0.122. The molecular weight excluding hydrogens is 374 g/mol. The number of hydrogen-bond acceptors (Lipinski definition) is 4. The Morgan fingerprint density at radius 2 is 1.86 bits per heavy atom. The first-order valence-electron chi connectivity index (χ1n) is 9.47. The van der Waals surface area contributed by atoms with E-state index in [1.54, 1.807) is 7.11 Å². The Bertz CT molecular complexity index is 1010. The molecule has 1 aromatic carbocycles. The summed E-state index contributed by atoms with van der Waals surface area (Å²) in [5.74, 6) is 1.56. The molecule has 0 saturated heterocycles. The molecule has 3 heterocycles. The quantitative estimate of drug-likeness (QED) is 0.633. The van der Waals surface area contributed by atoms with Gasteiger partial charge < -0.3 is 14.0 Å². The van der Waals surface area contributed by atoms with Crippen molar-refractivity contribution in [3.8, 4) is 28.4 Å². The maximum Gasteiger partial charge on any atom is 0.141 e. The van der Waals surface area contributed by atoms with E-state index < -0.39 is 0 Å². The van der Waals surface area contributed by atoms with Gasteiger partial charge in [-0.2, -0.15) is 0 Å². The van der Waals surface area contributed by atoms with Gasteiger partial charge in [-0.15, -0.1) is 0 Å². The molecule has 2 aromatic heterocycles. The molecule has 1 aliphatic rings. The molecule has 3 aromatic rings. The Hall–Kier alpha value is -2.37. The van der Waals surface area contributed by atoms with E-state index in [0.29, 0.717) is 17.4 Å². The van der Waals surface area contributed by atoms with E-state index in [9.17, 15) is 0 Å². The van der Waals surface area contributed by atoms with Crippen LogP contribution in [0.1, 0.15) is 24.0 Å². The average Bonchev–Trinajstić information content (AvgIpc) is 2.88. The van der Waals surface area contributed by atoms with Crippen LogP contribution in [0.3, 0.4) is 0 Å². The van der Waals surface area contributed by atoms with E-state index in [-0.39, 0.29) is 6.10 Å². The van der Waals surface area contributed by atoms with Gasteiger partial charge in [0.2, 0.25) is 0 Å². The monoisotopic (exact) mass is 397 g/mol. The van der Waals surface area contributed by atoms with Crippen LogP contribution in [-0.2, 0) is 17.7 Å². The molecule has 0 unspecified atom stereocenters. The average molecular weight is 398 g/mol. The topological polar surface area (TPSA) is 49.2 Å². The molecule has 0 fully saturated rings. The van der Waals surface area contributed by atoms with Crippen LogP contribution in [0.4, 0.5) is 0 Å². The first-order valence-corrected chi connectivity index (χ1v) is 9.84. The first-order chi connectivity index (χ1) is 13.5. The van der Waals surface area contributed by atoms with Crippen molar-refractivity contribution in [2.45, 2.75) is 39.8 Å². The lowest BCUT2D eigenvalue weighted by molar-refractivity contribution is 0.0666. The summed E-state index contributed by atoms with van der Waals surface area (Å²) >= 11 is 6.39.